The second-order valence-corrected chi connectivity index (χ2v) is 6.89. The molecule has 0 saturated heterocycles. The molecule has 0 aliphatic carbocycles. The van der Waals surface area contributed by atoms with E-state index in [1.165, 1.54) is 0 Å². The average molecular weight is 327 g/mol. The summed E-state index contributed by atoms with van der Waals surface area (Å²) in [6.07, 6.45) is 4.30. The van der Waals surface area contributed by atoms with Gasteiger partial charge in [0.1, 0.15) is 17.3 Å². The summed E-state index contributed by atoms with van der Waals surface area (Å²) in [6, 6.07) is 5.63. The number of amides is 1. The number of anilines is 1. The number of aromatic nitrogens is 3. The van der Waals surface area contributed by atoms with E-state index < -0.39 is 0 Å². The highest BCUT2D eigenvalue weighted by atomic mass is 16.2. The quantitative estimate of drug-likeness (QED) is 0.914. The maximum absolute atomic E-state index is 12.6. The zero-order chi connectivity index (χ0) is 17.7. The maximum Gasteiger partial charge on any atom is 0.272 e. The smallest absolute Gasteiger partial charge is 0.272 e. The van der Waals surface area contributed by atoms with E-state index in [1.54, 1.807) is 37.3 Å². The summed E-state index contributed by atoms with van der Waals surface area (Å²) in [5.41, 5.74) is 1.43. The molecule has 2 rings (SSSR count). The number of aryl methyl sites for hydroxylation is 1. The molecule has 1 amide bonds. The minimum atomic E-state index is -0.131. The summed E-state index contributed by atoms with van der Waals surface area (Å²) in [5.74, 6) is 1.14. The number of carbonyl (C=O) groups excluding carboxylic acids is 1. The summed E-state index contributed by atoms with van der Waals surface area (Å²) in [6.45, 7) is 8.56. The van der Waals surface area contributed by atoms with Crippen LogP contribution in [0.4, 0.5) is 5.82 Å². The van der Waals surface area contributed by atoms with Gasteiger partial charge in [-0.1, -0.05) is 0 Å². The highest BCUT2D eigenvalue weighted by Crippen LogP contribution is 2.14. The van der Waals surface area contributed by atoms with Crippen LogP contribution in [0.5, 0.6) is 0 Å². The molecule has 0 saturated carbocycles. The Bertz CT molecular complexity index is 694. The lowest BCUT2D eigenvalue weighted by molar-refractivity contribution is 0.0790. The van der Waals surface area contributed by atoms with Gasteiger partial charge in [0, 0.05) is 37.6 Å². The molecular weight excluding hydrogens is 302 g/mol. The molecule has 0 bridgehead atoms. The van der Waals surface area contributed by atoms with Gasteiger partial charge in [-0.2, -0.15) is 0 Å². The van der Waals surface area contributed by atoms with Gasteiger partial charge in [-0.3, -0.25) is 9.78 Å². The Hall–Kier alpha value is -2.50. The first-order valence-electron chi connectivity index (χ1n) is 8.03. The second kappa shape index (κ2) is 7.38. The number of carbonyl (C=O) groups is 1. The molecule has 0 unspecified atom stereocenters. The van der Waals surface area contributed by atoms with Crippen molar-refractivity contribution in [3.8, 4) is 0 Å². The molecule has 2 aromatic heterocycles. The first-order chi connectivity index (χ1) is 11.2. The lowest BCUT2D eigenvalue weighted by atomic mass is 10.1. The van der Waals surface area contributed by atoms with Crippen LogP contribution in [0.25, 0.3) is 0 Å². The number of hydrogen-bond acceptors (Lipinski definition) is 5. The summed E-state index contributed by atoms with van der Waals surface area (Å²) < 4.78 is 0. The Labute approximate surface area is 143 Å². The van der Waals surface area contributed by atoms with Gasteiger partial charge < -0.3 is 10.2 Å². The van der Waals surface area contributed by atoms with Crippen LogP contribution in [-0.4, -0.2) is 44.9 Å². The van der Waals surface area contributed by atoms with Crippen molar-refractivity contribution in [2.45, 2.75) is 39.7 Å². The van der Waals surface area contributed by atoms with E-state index in [1.807, 2.05) is 32.9 Å². The minimum absolute atomic E-state index is 0.105. The maximum atomic E-state index is 12.6. The van der Waals surface area contributed by atoms with Gasteiger partial charge in [-0.15, -0.1) is 0 Å². The van der Waals surface area contributed by atoms with Gasteiger partial charge in [0.25, 0.3) is 5.91 Å². The topological polar surface area (TPSA) is 71.0 Å². The molecular formula is C18H25N5O. The third-order valence-electron chi connectivity index (χ3n) is 3.39. The molecule has 2 heterocycles. The van der Waals surface area contributed by atoms with Gasteiger partial charge in [0.2, 0.25) is 0 Å². The number of nitrogens with zero attached hydrogens (tertiary/aromatic N) is 4. The van der Waals surface area contributed by atoms with Crippen molar-refractivity contribution in [1.82, 2.24) is 19.9 Å². The molecule has 24 heavy (non-hydrogen) atoms. The van der Waals surface area contributed by atoms with Gasteiger partial charge in [-0.25, -0.2) is 9.97 Å². The molecule has 0 atom stereocenters. The molecule has 6 heteroatoms. The number of nitrogens with one attached hydrogen (secondary N) is 1. The van der Waals surface area contributed by atoms with Crippen molar-refractivity contribution in [3.05, 3.63) is 47.7 Å². The highest BCUT2D eigenvalue weighted by molar-refractivity contribution is 5.92. The predicted molar refractivity (Wildman–Crippen MR) is 95.0 cm³/mol. The number of rotatable bonds is 5. The summed E-state index contributed by atoms with van der Waals surface area (Å²) in [7, 11) is 1.79. The number of hydrogen-bond donors (Lipinski definition) is 1. The van der Waals surface area contributed by atoms with Gasteiger partial charge in [-0.05, 0) is 51.8 Å². The van der Waals surface area contributed by atoms with Gasteiger partial charge in [0.15, 0.2) is 0 Å². The zero-order valence-corrected chi connectivity index (χ0v) is 15.0. The first kappa shape index (κ1) is 17.8. The molecule has 0 aromatic carbocycles. The molecule has 0 fully saturated rings. The van der Waals surface area contributed by atoms with E-state index in [-0.39, 0.29) is 11.4 Å². The van der Waals surface area contributed by atoms with E-state index in [4.69, 9.17) is 0 Å². The van der Waals surface area contributed by atoms with Gasteiger partial charge in [0.05, 0.1) is 0 Å². The Balaban J connectivity index is 2.07. The standard InChI is InChI=1S/C18H25N5O/c1-13-20-15(12-16(21-13)22-18(2,3)4)17(24)23(5)11-8-14-6-9-19-10-7-14/h6-7,9-10,12H,8,11H2,1-5H3,(H,20,21,22). The van der Waals surface area contributed by atoms with E-state index in [0.717, 1.165) is 12.0 Å². The van der Waals surface area contributed by atoms with E-state index in [2.05, 4.69) is 20.3 Å². The Morgan fingerprint density at radius 3 is 2.50 bits per heavy atom. The van der Waals surface area contributed by atoms with Crippen molar-refractivity contribution >= 4 is 11.7 Å². The van der Waals surface area contributed by atoms with Crippen LogP contribution in [0, 0.1) is 6.92 Å². The fourth-order valence-electron chi connectivity index (χ4n) is 2.27. The summed E-state index contributed by atoms with van der Waals surface area (Å²) in [4.78, 5) is 27.0. The minimum Gasteiger partial charge on any atom is -0.365 e. The van der Waals surface area contributed by atoms with Crippen LogP contribution in [0.1, 0.15) is 42.6 Å². The van der Waals surface area contributed by atoms with Crippen molar-refractivity contribution in [1.29, 1.82) is 0 Å². The molecule has 0 spiro atoms. The molecule has 0 aliphatic rings. The highest BCUT2D eigenvalue weighted by Gasteiger charge is 2.17. The molecule has 0 radical (unpaired) electrons. The monoisotopic (exact) mass is 327 g/mol. The lowest BCUT2D eigenvalue weighted by Crippen LogP contribution is -2.31. The second-order valence-electron chi connectivity index (χ2n) is 6.89. The molecule has 1 N–H and O–H groups in total. The van der Waals surface area contributed by atoms with Crippen molar-refractivity contribution in [2.24, 2.45) is 0 Å². The van der Waals surface area contributed by atoms with Crippen LogP contribution in [0.3, 0.4) is 0 Å². The first-order valence-corrected chi connectivity index (χ1v) is 8.03. The summed E-state index contributed by atoms with van der Waals surface area (Å²) in [5, 5.41) is 3.29. The van der Waals surface area contributed by atoms with E-state index >= 15 is 0 Å². The van der Waals surface area contributed by atoms with Gasteiger partial charge >= 0.3 is 0 Å². The Morgan fingerprint density at radius 1 is 1.21 bits per heavy atom. The van der Waals surface area contributed by atoms with E-state index in [9.17, 15) is 4.79 Å². The van der Waals surface area contributed by atoms with Crippen LogP contribution in [-0.2, 0) is 6.42 Å². The molecule has 2 aromatic rings. The van der Waals surface area contributed by atoms with Crippen molar-refractivity contribution in [3.63, 3.8) is 0 Å². The van der Waals surface area contributed by atoms with E-state index in [0.29, 0.717) is 23.9 Å². The normalized spacial score (nSPS) is 11.2. The van der Waals surface area contributed by atoms with Crippen LogP contribution >= 0.6 is 0 Å². The van der Waals surface area contributed by atoms with Crippen LogP contribution in [0.15, 0.2) is 30.6 Å². The van der Waals surface area contributed by atoms with Crippen LogP contribution < -0.4 is 5.32 Å². The molecule has 6 nitrogen and oxygen atoms in total. The number of likely N-dealkylation sites (N-methyl/N-ethyl adjacent to an activating group) is 1. The third-order valence-corrected chi connectivity index (χ3v) is 3.39. The summed E-state index contributed by atoms with van der Waals surface area (Å²) >= 11 is 0. The zero-order valence-electron chi connectivity index (χ0n) is 15.0. The predicted octanol–water partition coefficient (Wildman–Crippen LogP) is 2.71. The average Bonchev–Trinajstić information content (AvgIpc) is 2.50. The fraction of sp³-hybridized carbons (Fsp3) is 0.444. The Morgan fingerprint density at radius 2 is 1.88 bits per heavy atom. The number of pyridine rings is 1. The largest absolute Gasteiger partial charge is 0.365 e. The fourth-order valence-corrected chi connectivity index (χ4v) is 2.27. The Kier molecular flexibility index (Phi) is 5.49. The van der Waals surface area contributed by atoms with Crippen molar-refractivity contribution in [2.75, 3.05) is 18.9 Å². The molecule has 0 aliphatic heterocycles. The van der Waals surface area contributed by atoms with Crippen LogP contribution in [0.2, 0.25) is 0 Å². The SMILES string of the molecule is Cc1nc(NC(C)(C)C)cc(C(=O)N(C)CCc2ccncc2)n1. The lowest BCUT2D eigenvalue weighted by Gasteiger charge is -2.22. The molecule has 128 valence electrons. The van der Waals surface area contributed by atoms with Crippen molar-refractivity contribution < 1.29 is 4.79 Å². The third kappa shape index (κ3) is 5.30.